The molecule has 106 valence electrons. The lowest BCUT2D eigenvalue weighted by Crippen LogP contribution is -2.45. The summed E-state index contributed by atoms with van der Waals surface area (Å²) in [7, 11) is 0.566. The first kappa shape index (κ1) is 15.5. The molecule has 1 aromatic rings. The highest BCUT2D eigenvalue weighted by Gasteiger charge is 2.44. The Balaban J connectivity index is 2.01. The first-order valence-corrected chi connectivity index (χ1v) is 7.52. The fourth-order valence-corrected chi connectivity index (χ4v) is 2.01. The summed E-state index contributed by atoms with van der Waals surface area (Å²) in [6.07, 6.45) is 1.97. The summed E-state index contributed by atoms with van der Waals surface area (Å²) < 4.78 is 5.80. The minimum atomic E-state index is -0.306. The largest absolute Gasteiger partial charge is 0.428 e. The summed E-state index contributed by atoms with van der Waals surface area (Å²) in [5.74, 6) is 0. The molecule has 20 heavy (non-hydrogen) atoms. The molecule has 0 amide bonds. The van der Waals surface area contributed by atoms with Crippen molar-refractivity contribution in [3.05, 3.63) is 29.8 Å². The second-order valence-electron chi connectivity index (χ2n) is 6.75. The molecule has 0 aliphatic heterocycles. The molecule has 2 nitrogen and oxygen atoms in total. The third kappa shape index (κ3) is 3.05. The van der Waals surface area contributed by atoms with Crippen molar-refractivity contribution in [2.24, 2.45) is 0 Å². The number of nitrogens with zero attached hydrogens (tertiary/aromatic N) is 1. The van der Waals surface area contributed by atoms with Gasteiger partial charge in [0, 0.05) is 4.75 Å². The van der Waals surface area contributed by atoms with Crippen LogP contribution < -0.4 is 5.46 Å². The van der Waals surface area contributed by atoms with Gasteiger partial charge in [-0.25, -0.2) is 0 Å². The van der Waals surface area contributed by atoms with Gasteiger partial charge in [0.1, 0.15) is 0 Å². The molecule has 1 fully saturated rings. The molecule has 0 aromatic heterocycles. The van der Waals surface area contributed by atoms with Gasteiger partial charge in [-0.05, 0) is 46.1 Å². The highest BCUT2D eigenvalue weighted by molar-refractivity contribution is 7.81. The average Bonchev–Trinajstić information content (AvgIpc) is 3.17. The lowest BCUT2D eigenvalue weighted by Gasteiger charge is -2.38. The molecule has 0 N–H and O–H groups in total. The van der Waals surface area contributed by atoms with Gasteiger partial charge in [-0.15, -0.1) is 0 Å². The summed E-state index contributed by atoms with van der Waals surface area (Å²) >= 11 is 4.60. The van der Waals surface area contributed by atoms with Crippen LogP contribution in [0.15, 0.2) is 24.3 Å². The fourth-order valence-electron chi connectivity index (χ4n) is 1.95. The molecule has 0 bridgehead atoms. The van der Waals surface area contributed by atoms with Gasteiger partial charge in [-0.3, -0.25) is 0 Å². The highest BCUT2D eigenvalue weighted by Crippen LogP contribution is 2.47. The Kier molecular flexibility index (Phi) is 3.97. The number of nitriles is 1. The first-order chi connectivity index (χ1) is 9.20. The van der Waals surface area contributed by atoms with Crippen LogP contribution in [-0.4, -0.2) is 17.8 Å². The van der Waals surface area contributed by atoms with Crippen LogP contribution in [0, 0.1) is 11.3 Å². The predicted molar refractivity (Wildman–Crippen MR) is 88.0 cm³/mol. The normalized spacial score (nSPS) is 17.4. The zero-order valence-electron chi connectivity index (χ0n) is 12.7. The van der Waals surface area contributed by atoms with Crippen molar-refractivity contribution in [2.75, 3.05) is 0 Å². The van der Waals surface area contributed by atoms with Crippen LogP contribution in [0.1, 0.15) is 46.1 Å². The van der Waals surface area contributed by atoms with Crippen molar-refractivity contribution in [3.63, 3.8) is 0 Å². The Morgan fingerprint density at radius 2 is 1.75 bits per heavy atom. The third-order valence-corrected chi connectivity index (χ3v) is 5.08. The van der Waals surface area contributed by atoms with E-state index in [1.54, 1.807) is 0 Å². The van der Waals surface area contributed by atoms with Crippen molar-refractivity contribution in [1.82, 2.24) is 0 Å². The molecular formula is C16H22BNOS. The van der Waals surface area contributed by atoms with Gasteiger partial charge < -0.3 is 4.65 Å². The van der Waals surface area contributed by atoms with E-state index in [4.69, 9.17) is 4.65 Å². The van der Waals surface area contributed by atoms with E-state index in [0.29, 0.717) is 7.48 Å². The molecule has 1 saturated carbocycles. The molecule has 0 saturated heterocycles. The molecule has 2 rings (SSSR count). The molecule has 1 aromatic carbocycles. The van der Waals surface area contributed by atoms with E-state index in [9.17, 15) is 5.26 Å². The molecule has 0 radical (unpaired) electrons. The monoisotopic (exact) mass is 287 g/mol. The lowest BCUT2D eigenvalue weighted by atomic mass is 9.82. The number of hydrogen-bond acceptors (Lipinski definition) is 3. The number of benzene rings is 1. The van der Waals surface area contributed by atoms with Crippen molar-refractivity contribution >= 4 is 25.6 Å². The zero-order valence-corrected chi connectivity index (χ0v) is 13.6. The Morgan fingerprint density at radius 1 is 1.20 bits per heavy atom. The van der Waals surface area contributed by atoms with Gasteiger partial charge in [0.05, 0.1) is 17.1 Å². The molecule has 1 aliphatic carbocycles. The van der Waals surface area contributed by atoms with Crippen LogP contribution in [0.3, 0.4) is 0 Å². The van der Waals surface area contributed by atoms with E-state index in [-0.39, 0.29) is 15.8 Å². The quantitative estimate of drug-likeness (QED) is 0.667. The first-order valence-electron chi connectivity index (χ1n) is 7.07. The molecule has 0 spiro atoms. The second kappa shape index (κ2) is 5.13. The van der Waals surface area contributed by atoms with Crippen molar-refractivity contribution < 1.29 is 4.65 Å². The number of thiol groups is 1. The standard InChI is InChI=1S/C16H22BNOS/c1-14(2,15(3,4)20)19-17-13-7-5-12(6-8-13)16(11-18)9-10-16/h5-8,17,20H,9-10H2,1-4H3. The molecule has 0 heterocycles. The molecule has 0 unspecified atom stereocenters. The maximum absolute atomic E-state index is 9.20. The Bertz CT molecular complexity index is 521. The predicted octanol–water partition coefficient (Wildman–Crippen LogP) is 2.72. The van der Waals surface area contributed by atoms with E-state index >= 15 is 0 Å². The molecule has 0 atom stereocenters. The third-order valence-electron chi connectivity index (χ3n) is 4.54. The van der Waals surface area contributed by atoms with Crippen LogP contribution in [0.2, 0.25) is 0 Å². The van der Waals surface area contributed by atoms with Gasteiger partial charge in [0.25, 0.3) is 0 Å². The Hall–Kier alpha value is -0.915. The van der Waals surface area contributed by atoms with Crippen molar-refractivity contribution in [3.8, 4) is 6.07 Å². The minimum Gasteiger partial charge on any atom is -0.428 e. The minimum absolute atomic E-state index is 0.203. The second-order valence-corrected chi connectivity index (χ2v) is 7.87. The van der Waals surface area contributed by atoms with Crippen LogP contribution in [-0.2, 0) is 10.1 Å². The highest BCUT2D eigenvalue weighted by atomic mass is 32.1. The van der Waals surface area contributed by atoms with Crippen molar-refractivity contribution in [2.45, 2.75) is 56.3 Å². The molecule has 4 heteroatoms. The lowest BCUT2D eigenvalue weighted by molar-refractivity contribution is 0.0854. The smallest absolute Gasteiger partial charge is 0.309 e. The van der Waals surface area contributed by atoms with Gasteiger partial charge in [0.15, 0.2) is 0 Å². The van der Waals surface area contributed by atoms with Gasteiger partial charge >= 0.3 is 7.48 Å². The molecular weight excluding hydrogens is 265 g/mol. The Morgan fingerprint density at radius 3 is 2.15 bits per heavy atom. The van der Waals surface area contributed by atoms with Crippen LogP contribution in [0.4, 0.5) is 0 Å². The topological polar surface area (TPSA) is 33.0 Å². The number of rotatable bonds is 5. The van der Waals surface area contributed by atoms with Crippen LogP contribution >= 0.6 is 12.6 Å². The van der Waals surface area contributed by atoms with Gasteiger partial charge in [-0.2, -0.15) is 17.9 Å². The van der Waals surface area contributed by atoms with Gasteiger partial charge in [0.2, 0.25) is 0 Å². The van der Waals surface area contributed by atoms with Crippen LogP contribution in [0.25, 0.3) is 0 Å². The summed E-state index contributed by atoms with van der Waals surface area (Å²) in [6.45, 7) is 8.23. The van der Waals surface area contributed by atoms with Crippen LogP contribution in [0.5, 0.6) is 0 Å². The average molecular weight is 287 g/mol. The number of hydrogen-bond donors (Lipinski definition) is 1. The fraction of sp³-hybridized carbons (Fsp3) is 0.562. The summed E-state index contributed by atoms with van der Waals surface area (Å²) in [5, 5.41) is 9.20. The maximum Gasteiger partial charge on any atom is 0.309 e. The summed E-state index contributed by atoms with van der Waals surface area (Å²) in [6, 6.07) is 10.7. The van der Waals surface area contributed by atoms with E-state index in [2.05, 4.69) is 70.7 Å². The van der Waals surface area contributed by atoms with E-state index < -0.39 is 0 Å². The molecule has 1 aliphatic rings. The van der Waals surface area contributed by atoms with Gasteiger partial charge in [-0.1, -0.05) is 29.7 Å². The summed E-state index contributed by atoms with van der Waals surface area (Å²) in [5.41, 5.74) is 1.76. The van der Waals surface area contributed by atoms with E-state index in [0.717, 1.165) is 23.9 Å². The SMILES string of the molecule is CC(C)(S)C(C)(C)OBc1ccc(C2(C#N)CC2)cc1. The maximum atomic E-state index is 9.20. The Labute approximate surface area is 128 Å². The summed E-state index contributed by atoms with van der Waals surface area (Å²) in [4.78, 5) is 0. The van der Waals surface area contributed by atoms with E-state index in [1.807, 2.05) is 0 Å². The van der Waals surface area contributed by atoms with Crippen molar-refractivity contribution in [1.29, 1.82) is 5.26 Å². The zero-order chi connectivity index (χ0) is 15.0. The van der Waals surface area contributed by atoms with E-state index in [1.165, 1.54) is 0 Å².